The van der Waals surface area contributed by atoms with Gasteiger partial charge in [0.05, 0.1) is 12.6 Å². The summed E-state index contributed by atoms with van der Waals surface area (Å²) in [5.41, 5.74) is 1.31. The number of nitrogens with zero attached hydrogens (tertiary/aromatic N) is 1. The van der Waals surface area contributed by atoms with Crippen LogP contribution in [-0.4, -0.2) is 16.1 Å². The lowest BCUT2D eigenvalue weighted by molar-refractivity contribution is -0.115. The second-order valence-electron chi connectivity index (χ2n) is 3.94. The fourth-order valence-corrected chi connectivity index (χ4v) is 1.69. The van der Waals surface area contributed by atoms with Gasteiger partial charge in [-0.3, -0.25) is 9.89 Å². The Bertz CT molecular complexity index is 551. The van der Waals surface area contributed by atoms with Gasteiger partial charge >= 0.3 is 0 Å². The molecule has 2 N–H and O–H groups in total. The van der Waals surface area contributed by atoms with E-state index in [1.807, 2.05) is 6.92 Å². The van der Waals surface area contributed by atoms with Gasteiger partial charge in [-0.15, -0.1) is 0 Å². The Morgan fingerprint density at radius 1 is 1.39 bits per heavy atom. The van der Waals surface area contributed by atoms with Gasteiger partial charge in [0.2, 0.25) is 5.91 Å². The number of amides is 1. The topological polar surface area (TPSA) is 57.8 Å². The third-order valence-electron chi connectivity index (χ3n) is 2.67. The molecule has 1 aromatic carbocycles. The zero-order chi connectivity index (χ0) is 13.0. The van der Waals surface area contributed by atoms with Crippen molar-refractivity contribution in [1.29, 1.82) is 0 Å². The minimum Gasteiger partial charge on any atom is -0.311 e. The van der Waals surface area contributed by atoms with Gasteiger partial charge in [0.15, 0.2) is 0 Å². The first-order chi connectivity index (χ1) is 8.70. The van der Waals surface area contributed by atoms with Crippen LogP contribution in [0.4, 0.5) is 10.2 Å². The summed E-state index contributed by atoms with van der Waals surface area (Å²) >= 11 is 0. The fourth-order valence-electron chi connectivity index (χ4n) is 1.69. The minimum absolute atomic E-state index is 0.00878. The van der Waals surface area contributed by atoms with Crippen molar-refractivity contribution in [2.24, 2.45) is 0 Å². The van der Waals surface area contributed by atoms with Crippen molar-refractivity contribution in [2.75, 3.05) is 5.32 Å². The Kier molecular flexibility index (Phi) is 3.72. The van der Waals surface area contributed by atoms with Crippen molar-refractivity contribution in [3.63, 3.8) is 0 Å². The van der Waals surface area contributed by atoms with Crippen molar-refractivity contribution in [3.8, 4) is 0 Å². The molecule has 0 aliphatic rings. The van der Waals surface area contributed by atoms with Gasteiger partial charge in [0, 0.05) is 5.56 Å². The van der Waals surface area contributed by atoms with Gasteiger partial charge in [-0.2, -0.15) is 5.10 Å². The molecule has 2 aromatic rings. The third-order valence-corrected chi connectivity index (χ3v) is 2.67. The standard InChI is InChI=1S/C13H14FN3O/c1-2-9-8-15-17-13(9)16-12(18)7-10-5-3-4-6-11(10)14/h3-6,8H,2,7H2,1H3,(H2,15,16,17,18). The van der Waals surface area contributed by atoms with Crippen LogP contribution in [0.1, 0.15) is 18.1 Å². The molecule has 1 heterocycles. The highest BCUT2D eigenvalue weighted by molar-refractivity contribution is 5.92. The molecule has 0 saturated heterocycles. The molecule has 0 spiro atoms. The molecule has 0 fully saturated rings. The lowest BCUT2D eigenvalue weighted by Gasteiger charge is -2.05. The van der Waals surface area contributed by atoms with E-state index in [1.165, 1.54) is 6.07 Å². The SMILES string of the molecule is CCc1cn[nH]c1NC(=O)Cc1ccccc1F. The molecule has 0 radical (unpaired) electrons. The summed E-state index contributed by atoms with van der Waals surface area (Å²) in [6.07, 6.45) is 2.44. The molecule has 94 valence electrons. The quantitative estimate of drug-likeness (QED) is 0.870. The van der Waals surface area contributed by atoms with Gasteiger partial charge < -0.3 is 5.32 Å². The van der Waals surface area contributed by atoms with Gasteiger partial charge in [0.1, 0.15) is 11.6 Å². The van der Waals surface area contributed by atoms with E-state index in [0.717, 1.165) is 12.0 Å². The number of nitrogens with one attached hydrogen (secondary N) is 2. The van der Waals surface area contributed by atoms with Crippen LogP contribution >= 0.6 is 0 Å². The van der Waals surface area contributed by atoms with Crippen LogP contribution in [0, 0.1) is 5.82 Å². The first kappa shape index (κ1) is 12.3. The van der Waals surface area contributed by atoms with Crippen LogP contribution in [0.2, 0.25) is 0 Å². The van der Waals surface area contributed by atoms with E-state index in [4.69, 9.17) is 0 Å². The minimum atomic E-state index is -0.368. The Morgan fingerprint density at radius 2 is 2.17 bits per heavy atom. The van der Waals surface area contributed by atoms with Crippen LogP contribution in [0.15, 0.2) is 30.5 Å². The number of anilines is 1. The number of aromatic nitrogens is 2. The van der Waals surface area contributed by atoms with Crippen LogP contribution < -0.4 is 5.32 Å². The maximum Gasteiger partial charge on any atom is 0.230 e. The number of aromatic amines is 1. The summed E-state index contributed by atoms with van der Waals surface area (Å²) in [6, 6.07) is 6.25. The first-order valence-corrected chi connectivity index (χ1v) is 5.76. The van der Waals surface area contributed by atoms with E-state index in [2.05, 4.69) is 15.5 Å². The second-order valence-corrected chi connectivity index (χ2v) is 3.94. The Labute approximate surface area is 104 Å². The molecule has 0 saturated carbocycles. The van der Waals surface area contributed by atoms with Crippen LogP contribution in [0.25, 0.3) is 0 Å². The van der Waals surface area contributed by atoms with E-state index >= 15 is 0 Å². The van der Waals surface area contributed by atoms with Crippen LogP contribution in [0.3, 0.4) is 0 Å². The van der Waals surface area contributed by atoms with Crippen molar-refractivity contribution >= 4 is 11.7 Å². The molecule has 0 atom stereocenters. The zero-order valence-electron chi connectivity index (χ0n) is 10.0. The molecule has 5 heteroatoms. The van der Waals surface area contributed by atoms with Crippen LogP contribution in [0.5, 0.6) is 0 Å². The number of carbonyl (C=O) groups excluding carboxylic acids is 1. The number of aryl methyl sites for hydroxylation is 1. The molecule has 0 aliphatic heterocycles. The van der Waals surface area contributed by atoms with E-state index in [-0.39, 0.29) is 18.1 Å². The average Bonchev–Trinajstić information content (AvgIpc) is 2.79. The van der Waals surface area contributed by atoms with Crippen molar-refractivity contribution in [1.82, 2.24) is 10.2 Å². The number of rotatable bonds is 4. The Balaban J connectivity index is 2.04. The van der Waals surface area contributed by atoms with E-state index in [9.17, 15) is 9.18 Å². The number of halogens is 1. The van der Waals surface area contributed by atoms with Gasteiger partial charge in [-0.05, 0) is 18.1 Å². The predicted molar refractivity (Wildman–Crippen MR) is 66.7 cm³/mol. The van der Waals surface area contributed by atoms with E-state index in [0.29, 0.717) is 11.4 Å². The molecular weight excluding hydrogens is 233 g/mol. The summed E-state index contributed by atoms with van der Waals surface area (Å²) in [5, 5.41) is 9.26. The molecule has 18 heavy (non-hydrogen) atoms. The summed E-state index contributed by atoms with van der Waals surface area (Å²) < 4.78 is 13.4. The van der Waals surface area contributed by atoms with Crippen molar-refractivity contribution < 1.29 is 9.18 Å². The number of carbonyl (C=O) groups is 1. The molecule has 4 nitrogen and oxygen atoms in total. The molecule has 2 rings (SSSR count). The smallest absolute Gasteiger partial charge is 0.230 e. The monoisotopic (exact) mass is 247 g/mol. The van der Waals surface area contributed by atoms with Crippen molar-refractivity contribution in [2.45, 2.75) is 19.8 Å². The van der Waals surface area contributed by atoms with Gasteiger partial charge in [-0.25, -0.2) is 4.39 Å². The number of hydrogen-bond donors (Lipinski definition) is 2. The summed E-state index contributed by atoms with van der Waals surface area (Å²) in [5.74, 6) is -0.0501. The number of benzene rings is 1. The number of H-pyrrole nitrogens is 1. The highest BCUT2D eigenvalue weighted by Gasteiger charge is 2.10. The molecule has 1 aromatic heterocycles. The highest BCUT2D eigenvalue weighted by atomic mass is 19.1. The maximum atomic E-state index is 13.4. The molecule has 0 unspecified atom stereocenters. The zero-order valence-corrected chi connectivity index (χ0v) is 10.0. The predicted octanol–water partition coefficient (Wildman–Crippen LogP) is 2.29. The molecular formula is C13H14FN3O. The summed E-state index contributed by atoms with van der Waals surface area (Å²) in [4.78, 5) is 11.8. The largest absolute Gasteiger partial charge is 0.311 e. The lowest BCUT2D eigenvalue weighted by Crippen LogP contribution is -2.16. The van der Waals surface area contributed by atoms with Gasteiger partial charge in [-0.1, -0.05) is 25.1 Å². The first-order valence-electron chi connectivity index (χ1n) is 5.76. The maximum absolute atomic E-state index is 13.4. The summed E-state index contributed by atoms with van der Waals surface area (Å²) in [7, 11) is 0. The molecule has 0 bridgehead atoms. The highest BCUT2D eigenvalue weighted by Crippen LogP contribution is 2.13. The normalized spacial score (nSPS) is 10.3. The van der Waals surface area contributed by atoms with E-state index in [1.54, 1.807) is 24.4 Å². The summed E-state index contributed by atoms with van der Waals surface area (Å²) in [6.45, 7) is 1.97. The van der Waals surface area contributed by atoms with Gasteiger partial charge in [0.25, 0.3) is 0 Å². The number of hydrogen-bond acceptors (Lipinski definition) is 2. The Hall–Kier alpha value is -2.17. The van der Waals surface area contributed by atoms with E-state index < -0.39 is 0 Å². The average molecular weight is 247 g/mol. The fraction of sp³-hybridized carbons (Fsp3) is 0.231. The third kappa shape index (κ3) is 2.74. The van der Waals surface area contributed by atoms with Crippen LogP contribution in [-0.2, 0) is 17.6 Å². The lowest BCUT2D eigenvalue weighted by atomic mass is 10.1. The van der Waals surface area contributed by atoms with Crippen molar-refractivity contribution in [3.05, 3.63) is 47.4 Å². The Morgan fingerprint density at radius 3 is 2.89 bits per heavy atom. The second kappa shape index (κ2) is 5.44. The molecule has 1 amide bonds. The molecule has 0 aliphatic carbocycles.